The van der Waals surface area contributed by atoms with Crippen LogP contribution in [0.1, 0.15) is 40.3 Å². The van der Waals surface area contributed by atoms with Gasteiger partial charge in [0.2, 0.25) is 0 Å². The summed E-state index contributed by atoms with van der Waals surface area (Å²) in [6.07, 6.45) is 2.23. The molecule has 3 rings (SSSR count). The van der Waals surface area contributed by atoms with E-state index in [1.165, 1.54) is 19.2 Å². The van der Waals surface area contributed by atoms with Crippen LogP contribution in [0.4, 0.5) is 5.69 Å². The predicted molar refractivity (Wildman–Crippen MR) is 88.2 cm³/mol. The van der Waals surface area contributed by atoms with E-state index in [0.29, 0.717) is 5.56 Å². The van der Waals surface area contributed by atoms with E-state index >= 15 is 0 Å². The number of amides is 1. The minimum atomic E-state index is -0.656. The zero-order chi connectivity index (χ0) is 17.3. The summed E-state index contributed by atoms with van der Waals surface area (Å²) in [6, 6.07) is 9.16. The number of ketones is 1. The average Bonchev–Trinajstić information content (AvgIpc) is 3.16. The molecular formula is C18H18N2O4. The Kier molecular flexibility index (Phi) is 4.20. The standard InChI is InChI=1S/C18H18N2O4/c1-11-7-13-5-3-4-6-16(13)20(11)17(22)10-24-18(23)15-8-14(9-19-15)12(2)21/h3-6,8-9,11,19H,7,10H2,1-2H3/t11-/m1/s1. The molecule has 6 nitrogen and oxygen atoms in total. The molecule has 1 aliphatic heterocycles. The highest BCUT2D eigenvalue weighted by molar-refractivity contribution is 6.00. The number of hydrogen-bond donors (Lipinski definition) is 1. The molecule has 24 heavy (non-hydrogen) atoms. The Bertz CT molecular complexity index is 809. The number of hydrogen-bond acceptors (Lipinski definition) is 4. The van der Waals surface area contributed by atoms with Crippen molar-refractivity contribution in [2.75, 3.05) is 11.5 Å². The smallest absolute Gasteiger partial charge is 0.355 e. The number of ether oxygens (including phenoxy) is 1. The maximum Gasteiger partial charge on any atom is 0.355 e. The third-order valence-electron chi connectivity index (χ3n) is 4.11. The highest BCUT2D eigenvalue weighted by atomic mass is 16.5. The fraction of sp³-hybridized carbons (Fsp3) is 0.278. The van der Waals surface area contributed by atoms with Crippen molar-refractivity contribution in [2.24, 2.45) is 0 Å². The Labute approximate surface area is 139 Å². The van der Waals surface area contributed by atoms with Crippen molar-refractivity contribution in [3.05, 3.63) is 53.3 Å². The van der Waals surface area contributed by atoms with Crippen LogP contribution < -0.4 is 4.90 Å². The molecule has 0 bridgehead atoms. The molecule has 0 spiro atoms. The lowest BCUT2D eigenvalue weighted by Crippen LogP contribution is -2.38. The minimum Gasteiger partial charge on any atom is -0.451 e. The Morgan fingerprint density at radius 3 is 2.75 bits per heavy atom. The summed E-state index contributed by atoms with van der Waals surface area (Å²) in [4.78, 5) is 40.0. The van der Waals surface area contributed by atoms with Gasteiger partial charge in [-0.15, -0.1) is 0 Å². The number of esters is 1. The van der Waals surface area contributed by atoms with Crippen LogP contribution in [0.15, 0.2) is 36.5 Å². The average molecular weight is 326 g/mol. The Balaban J connectivity index is 1.65. The summed E-state index contributed by atoms with van der Waals surface area (Å²) in [7, 11) is 0. The summed E-state index contributed by atoms with van der Waals surface area (Å²) in [5.74, 6) is -1.07. The molecule has 124 valence electrons. The highest BCUT2D eigenvalue weighted by Crippen LogP contribution is 2.31. The van der Waals surface area contributed by atoms with E-state index in [4.69, 9.17) is 4.74 Å². The summed E-state index contributed by atoms with van der Waals surface area (Å²) >= 11 is 0. The molecule has 0 aliphatic carbocycles. The van der Waals surface area contributed by atoms with Crippen LogP contribution in [0, 0.1) is 0 Å². The van der Waals surface area contributed by atoms with Crippen molar-refractivity contribution in [3.8, 4) is 0 Å². The lowest BCUT2D eigenvalue weighted by Gasteiger charge is -2.22. The van der Waals surface area contributed by atoms with E-state index in [1.54, 1.807) is 4.90 Å². The zero-order valence-corrected chi connectivity index (χ0v) is 13.5. The molecule has 0 saturated heterocycles. The van der Waals surface area contributed by atoms with Gasteiger partial charge in [-0.3, -0.25) is 9.59 Å². The summed E-state index contributed by atoms with van der Waals surface area (Å²) in [6.45, 7) is 3.03. The van der Waals surface area contributed by atoms with Crippen LogP contribution in [0.2, 0.25) is 0 Å². The summed E-state index contributed by atoms with van der Waals surface area (Å²) in [5.41, 5.74) is 2.53. The van der Waals surface area contributed by atoms with Gasteiger partial charge in [0, 0.05) is 23.5 Å². The number of benzene rings is 1. The van der Waals surface area contributed by atoms with Crippen LogP contribution >= 0.6 is 0 Å². The third kappa shape index (κ3) is 2.95. The van der Waals surface area contributed by atoms with Gasteiger partial charge in [-0.1, -0.05) is 18.2 Å². The molecule has 1 aromatic carbocycles. The molecule has 0 unspecified atom stereocenters. The molecule has 1 N–H and O–H groups in total. The number of carbonyl (C=O) groups excluding carboxylic acids is 3. The molecular weight excluding hydrogens is 308 g/mol. The van der Waals surface area contributed by atoms with E-state index in [9.17, 15) is 14.4 Å². The molecule has 1 amide bonds. The van der Waals surface area contributed by atoms with Gasteiger partial charge in [0.05, 0.1) is 0 Å². The monoisotopic (exact) mass is 326 g/mol. The number of rotatable bonds is 4. The second kappa shape index (κ2) is 6.31. The quantitative estimate of drug-likeness (QED) is 0.691. The molecule has 1 aliphatic rings. The van der Waals surface area contributed by atoms with Crippen molar-refractivity contribution in [2.45, 2.75) is 26.3 Å². The molecule has 0 saturated carbocycles. The van der Waals surface area contributed by atoms with Crippen LogP contribution in [0.5, 0.6) is 0 Å². The van der Waals surface area contributed by atoms with Crippen LogP contribution in [-0.4, -0.2) is 35.3 Å². The summed E-state index contributed by atoms with van der Waals surface area (Å²) in [5, 5.41) is 0. The fourth-order valence-corrected chi connectivity index (χ4v) is 2.94. The predicted octanol–water partition coefficient (Wildman–Crippen LogP) is 2.35. The van der Waals surface area contributed by atoms with Crippen molar-refractivity contribution >= 4 is 23.3 Å². The first-order valence-electron chi connectivity index (χ1n) is 7.74. The van der Waals surface area contributed by atoms with Gasteiger partial charge in [-0.2, -0.15) is 0 Å². The first-order chi connectivity index (χ1) is 11.5. The van der Waals surface area contributed by atoms with Gasteiger partial charge in [0.25, 0.3) is 5.91 Å². The maximum absolute atomic E-state index is 12.5. The van der Waals surface area contributed by atoms with E-state index in [2.05, 4.69) is 4.98 Å². The normalized spacial score (nSPS) is 15.9. The van der Waals surface area contributed by atoms with Crippen LogP contribution in [-0.2, 0) is 16.0 Å². The first kappa shape index (κ1) is 16.0. The molecule has 1 atom stereocenters. The van der Waals surface area contributed by atoms with Gasteiger partial charge in [0.15, 0.2) is 12.4 Å². The topological polar surface area (TPSA) is 79.5 Å². The number of nitrogens with one attached hydrogen (secondary N) is 1. The maximum atomic E-state index is 12.5. The number of aromatic amines is 1. The molecule has 2 aromatic rings. The second-order valence-electron chi connectivity index (χ2n) is 5.88. The Morgan fingerprint density at radius 2 is 2.04 bits per heavy atom. The lowest BCUT2D eigenvalue weighted by molar-refractivity contribution is -0.122. The Morgan fingerprint density at radius 1 is 1.29 bits per heavy atom. The van der Waals surface area contributed by atoms with Crippen LogP contribution in [0.3, 0.4) is 0 Å². The number of para-hydroxylation sites is 1. The van der Waals surface area contributed by atoms with Gasteiger partial charge < -0.3 is 14.6 Å². The van der Waals surface area contributed by atoms with E-state index < -0.39 is 5.97 Å². The second-order valence-corrected chi connectivity index (χ2v) is 5.88. The van der Waals surface area contributed by atoms with Crippen molar-refractivity contribution in [1.29, 1.82) is 0 Å². The molecule has 0 fully saturated rings. The first-order valence-corrected chi connectivity index (χ1v) is 7.74. The fourth-order valence-electron chi connectivity index (χ4n) is 2.94. The van der Waals surface area contributed by atoms with E-state index in [1.807, 2.05) is 31.2 Å². The van der Waals surface area contributed by atoms with E-state index in [-0.39, 0.29) is 30.0 Å². The number of anilines is 1. The largest absolute Gasteiger partial charge is 0.451 e. The summed E-state index contributed by atoms with van der Waals surface area (Å²) < 4.78 is 5.09. The molecule has 6 heteroatoms. The zero-order valence-electron chi connectivity index (χ0n) is 13.5. The number of Topliss-reactive ketones (excluding diaryl/α,β-unsaturated/α-hetero) is 1. The Hall–Kier alpha value is -2.89. The number of aromatic nitrogens is 1. The van der Waals surface area contributed by atoms with Gasteiger partial charge in [-0.05, 0) is 38.0 Å². The highest BCUT2D eigenvalue weighted by Gasteiger charge is 2.31. The molecule has 2 heterocycles. The van der Waals surface area contributed by atoms with Crippen LogP contribution in [0.25, 0.3) is 0 Å². The van der Waals surface area contributed by atoms with Crippen molar-refractivity contribution < 1.29 is 19.1 Å². The van der Waals surface area contributed by atoms with Crippen molar-refractivity contribution in [1.82, 2.24) is 4.98 Å². The van der Waals surface area contributed by atoms with Crippen molar-refractivity contribution in [3.63, 3.8) is 0 Å². The number of fused-ring (bicyclic) bond motifs is 1. The minimum absolute atomic E-state index is 0.0309. The number of carbonyl (C=O) groups is 3. The SMILES string of the molecule is CC(=O)c1c[nH]c(C(=O)OCC(=O)N2c3ccccc3C[C@H]2C)c1. The number of H-pyrrole nitrogens is 1. The van der Waals surface area contributed by atoms with Gasteiger partial charge in [0.1, 0.15) is 5.69 Å². The molecule has 0 radical (unpaired) electrons. The van der Waals surface area contributed by atoms with Gasteiger partial charge >= 0.3 is 5.97 Å². The lowest BCUT2D eigenvalue weighted by atomic mass is 10.1. The van der Waals surface area contributed by atoms with E-state index in [0.717, 1.165) is 17.7 Å². The number of nitrogens with zero attached hydrogens (tertiary/aromatic N) is 1. The van der Waals surface area contributed by atoms with Gasteiger partial charge in [-0.25, -0.2) is 4.79 Å². The molecule has 1 aromatic heterocycles. The third-order valence-corrected chi connectivity index (χ3v) is 4.11.